The van der Waals surface area contributed by atoms with Gasteiger partial charge in [-0.3, -0.25) is 4.79 Å². The molecule has 0 atom stereocenters. The molecule has 3 rings (SSSR count). The van der Waals surface area contributed by atoms with E-state index in [-0.39, 0.29) is 11.7 Å². The molecule has 0 bridgehead atoms. The van der Waals surface area contributed by atoms with E-state index in [9.17, 15) is 9.18 Å². The average Bonchev–Trinajstić information content (AvgIpc) is 2.97. The summed E-state index contributed by atoms with van der Waals surface area (Å²) < 4.78 is 29.3. The zero-order chi connectivity index (χ0) is 18.8. The third-order valence-corrected chi connectivity index (χ3v) is 4.17. The van der Waals surface area contributed by atoms with Crippen molar-refractivity contribution < 1.29 is 23.4 Å². The molecule has 1 heterocycles. The van der Waals surface area contributed by atoms with E-state index in [0.717, 1.165) is 0 Å². The van der Waals surface area contributed by atoms with Crippen molar-refractivity contribution in [3.63, 3.8) is 0 Å². The number of hydrogen-bond donors (Lipinski definition) is 2. The Morgan fingerprint density at radius 2 is 1.69 bits per heavy atom. The van der Waals surface area contributed by atoms with Crippen molar-refractivity contribution in [3.05, 3.63) is 47.4 Å². The zero-order valence-electron chi connectivity index (χ0n) is 14.9. The Morgan fingerprint density at radius 1 is 1.04 bits per heavy atom. The van der Waals surface area contributed by atoms with Crippen LogP contribution in [0.4, 0.5) is 10.1 Å². The van der Waals surface area contributed by atoms with E-state index in [4.69, 9.17) is 14.2 Å². The molecule has 1 aromatic heterocycles. The third kappa shape index (κ3) is 3.03. The van der Waals surface area contributed by atoms with Crippen LogP contribution in [0.5, 0.6) is 17.2 Å². The van der Waals surface area contributed by atoms with E-state index < -0.39 is 0 Å². The number of aromatic amines is 1. The number of amides is 1. The van der Waals surface area contributed by atoms with Gasteiger partial charge in [0.05, 0.1) is 21.3 Å². The van der Waals surface area contributed by atoms with Gasteiger partial charge in [0.25, 0.3) is 5.91 Å². The van der Waals surface area contributed by atoms with Crippen LogP contribution in [-0.4, -0.2) is 32.2 Å². The van der Waals surface area contributed by atoms with E-state index >= 15 is 0 Å². The summed E-state index contributed by atoms with van der Waals surface area (Å²) in [5, 5.41) is 3.46. The Bertz CT molecular complexity index is 956. The Balaban J connectivity index is 1.97. The zero-order valence-corrected chi connectivity index (χ0v) is 14.9. The minimum absolute atomic E-state index is 0.351. The van der Waals surface area contributed by atoms with Crippen molar-refractivity contribution in [2.24, 2.45) is 0 Å². The number of aromatic nitrogens is 1. The molecule has 0 saturated heterocycles. The quantitative estimate of drug-likeness (QED) is 0.726. The smallest absolute Gasteiger partial charge is 0.272 e. The molecule has 0 unspecified atom stereocenters. The summed E-state index contributed by atoms with van der Waals surface area (Å²) in [7, 11) is 4.50. The molecule has 6 nitrogen and oxygen atoms in total. The molecule has 0 aliphatic rings. The second-order valence-electron chi connectivity index (χ2n) is 5.68. The fraction of sp³-hybridized carbons (Fsp3) is 0.211. The molecule has 26 heavy (non-hydrogen) atoms. The minimum Gasteiger partial charge on any atom is -0.493 e. The van der Waals surface area contributed by atoms with Crippen LogP contribution < -0.4 is 19.5 Å². The summed E-state index contributed by atoms with van der Waals surface area (Å²) >= 11 is 0. The first-order valence-electron chi connectivity index (χ1n) is 7.87. The highest BCUT2D eigenvalue weighted by Gasteiger charge is 2.18. The Kier molecular flexibility index (Phi) is 4.71. The topological polar surface area (TPSA) is 72.6 Å². The Morgan fingerprint density at radius 3 is 2.27 bits per heavy atom. The second kappa shape index (κ2) is 6.95. The number of methoxy groups -OCH3 is 3. The van der Waals surface area contributed by atoms with Gasteiger partial charge in [-0.2, -0.15) is 0 Å². The Hall–Kier alpha value is -3.22. The van der Waals surface area contributed by atoms with Gasteiger partial charge in [-0.15, -0.1) is 0 Å². The van der Waals surface area contributed by atoms with Gasteiger partial charge in [0, 0.05) is 28.7 Å². The molecule has 3 aromatic rings. The molecule has 136 valence electrons. The van der Waals surface area contributed by atoms with Crippen LogP contribution in [0, 0.1) is 12.7 Å². The Labute approximate surface area is 149 Å². The van der Waals surface area contributed by atoms with Gasteiger partial charge >= 0.3 is 0 Å². The van der Waals surface area contributed by atoms with Crippen molar-refractivity contribution in [1.29, 1.82) is 0 Å². The van der Waals surface area contributed by atoms with Crippen LogP contribution in [0.2, 0.25) is 0 Å². The van der Waals surface area contributed by atoms with Gasteiger partial charge in [-0.05, 0) is 30.7 Å². The molecule has 7 heteroatoms. The molecule has 0 saturated carbocycles. The first kappa shape index (κ1) is 17.6. The SMILES string of the molecule is COc1cc(NC(=O)c2[nH]c3ccc(F)cc3c2C)cc(OC)c1OC. The van der Waals surface area contributed by atoms with E-state index in [1.165, 1.54) is 33.5 Å². The van der Waals surface area contributed by atoms with Gasteiger partial charge in [0.1, 0.15) is 11.5 Å². The lowest BCUT2D eigenvalue weighted by Gasteiger charge is -2.14. The van der Waals surface area contributed by atoms with Crippen molar-refractivity contribution in [2.45, 2.75) is 6.92 Å². The van der Waals surface area contributed by atoms with Crippen LogP contribution in [0.3, 0.4) is 0 Å². The van der Waals surface area contributed by atoms with Crippen LogP contribution in [0.1, 0.15) is 16.1 Å². The molecule has 2 N–H and O–H groups in total. The number of H-pyrrole nitrogens is 1. The molecule has 2 aromatic carbocycles. The summed E-state index contributed by atoms with van der Waals surface area (Å²) in [6.45, 7) is 1.77. The first-order chi connectivity index (χ1) is 12.5. The highest BCUT2D eigenvalue weighted by Crippen LogP contribution is 2.40. The molecular formula is C19H19FN2O4. The molecule has 1 amide bonds. The number of fused-ring (bicyclic) bond motifs is 1. The first-order valence-corrected chi connectivity index (χ1v) is 7.87. The predicted molar refractivity (Wildman–Crippen MR) is 97.0 cm³/mol. The average molecular weight is 358 g/mol. The largest absolute Gasteiger partial charge is 0.493 e. The number of rotatable bonds is 5. The standard InChI is InChI=1S/C19H19FN2O4/c1-10-13-7-11(20)5-6-14(13)22-17(10)19(23)21-12-8-15(24-2)18(26-4)16(9-12)25-3/h5-9,22H,1-4H3,(H,21,23). The van der Waals surface area contributed by atoms with Crippen molar-refractivity contribution in [2.75, 3.05) is 26.6 Å². The lowest BCUT2D eigenvalue weighted by atomic mass is 10.1. The van der Waals surface area contributed by atoms with Gasteiger partial charge in [0.2, 0.25) is 5.75 Å². The molecule has 0 fully saturated rings. The van der Waals surface area contributed by atoms with Gasteiger partial charge in [-0.1, -0.05) is 0 Å². The monoisotopic (exact) mass is 358 g/mol. The van der Waals surface area contributed by atoms with Crippen molar-refractivity contribution >= 4 is 22.5 Å². The number of nitrogens with one attached hydrogen (secondary N) is 2. The van der Waals surface area contributed by atoms with Crippen LogP contribution >= 0.6 is 0 Å². The number of halogens is 1. The normalized spacial score (nSPS) is 10.7. The fourth-order valence-electron chi connectivity index (χ4n) is 2.87. The molecule has 0 aliphatic heterocycles. The van der Waals surface area contributed by atoms with E-state index in [2.05, 4.69) is 10.3 Å². The number of carbonyl (C=O) groups is 1. The van der Waals surface area contributed by atoms with E-state index in [1.54, 1.807) is 25.1 Å². The maximum atomic E-state index is 13.5. The van der Waals surface area contributed by atoms with Crippen molar-refractivity contribution in [1.82, 2.24) is 4.98 Å². The second-order valence-corrected chi connectivity index (χ2v) is 5.68. The fourth-order valence-corrected chi connectivity index (χ4v) is 2.87. The molecular weight excluding hydrogens is 339 g/mol. The molecule has 0 spiro atoms. The van der Waals surface area contributed by atoms with Crippen LogP contribution in [0.15, 0.2) is 30.3 Å². The number of hydrogen-bond acceptors (Lipinski definition) is 4. The van der Waals surface area contributed by atoms with Gasteiger partial charge in [-0.25, -0.2) is 4.39 Å². The maximum absolute atomic E-state index is 13.5. The van der Waals surface area contributed by atoms with Crippen LogP contribution in [0.25, 0.3) is 10.9 Å². The van der Waals surface area contributed by atoms with Crippen LogP contribution in [-0.2, 0) is 0 Å². The number of aryl methyl sites for hydroxylation is 1. The number of benzene rings is 2. The summed E-state index contributed by atoms with van der Waals surface area (Å²) in [4.78, 5) is 15.7. The van der Waals surface area contributed by atoms with Gasteiger partial charge in [0.15, 0.2) is 11.5 Å². The maximum Gasteiger partial charge on any atom is 0.272 e. The minimum atomic E-state index is -0.353. The summed E-state index contributed by atoms with van der Waals surface area (Å²) in [6, 6.07) is 7.62. The highest BCUT2D eigenvalue weighted by molar-refractivity contribution is 6.08. The number of ether oxygens (including phenoxy) is 3. The van der Waals surface area contributed by atoms with E-state index in [0.29, 0.717) is 45.1 Å². The highest BCUT2D eigenvalue weighted by atomic mass is 19.1. The number of anilines is 1. The van der Waals surface area contributed by atoms with E-state index in [1.807, 2.05) is 0 Å². The summed E-state index contributed by atoms with van der Waals surface area (Å²) in [5.41, 5.74) is 2.21. The van der Waals surface area contributed by atoms with Gasteiger partial charge < -0.3 is 24.5 Å². The lowest BCUT2D eigenvalue weighted by molar-refractivity contribution is 0.102. The molecule has 0 aliphatic carbocycles. The third-order valence-electron chi connectivity index (χ3n) is 4.17. The molecule has 0 radical (unpaired) electrons. The lowest BCUT2D eigenvalue weighted by Crippen LogP contribution is -2.14. The number of carbonyl (C=O) groups excluding carboxylic acids is 1. The summed E-state index contributed by atoms with van der Waals surface area (Å²) in [6.07, 6.45) is 0. The van der Waals surface area contributed by atoms with Crippen molar-refractivity contribution in [3.8, 4) is 17.2 Å². The predicted octanol–water partition coefficient (Wildman–Crippen LogP) is 3.89. The summed E-state index contributed by atoms with van der Waals surface area (Å²) in [5.74, 6) is 0.588.